The van der Waals surface area contributed by atoms with Crippen LogP contribution in [0.1, 0.15) is 61.2 Å². The third kappa shape index (κ3) is 4.98. The summed E-state index contributed by atoms with van der Waals surface area (Å²) in [5.41, 5.74) is 5.69. The fourth-order valence-electron chi connectivity index (χ4n) is 4.58. The highest BCUT2D eigenvalue weighted by molar-refractivity contribution is 7.99. The Morgan fingerprint density at radius 3 is 2.62 bits per heavy atom. The molecule has 32 heavy (non-hydrogen) atoms. The molecular formula is C25H33N5OS. The van der Waals surface area contributed by atoms with Crippen LogP contribution < -0.4 is 5.32 Å². The molecule has 1 amide bonds. The van der Waals surface area contributed by atoms with Gasteiger partial charge in [0.25, 0.3) is 5.78 Å². The van der Waals surface area contributed by atoms with Gasteiger partial charge in [0.2, 0.25) is 11.1 Å². The van der Waals surface area contributed by atoms with Gasteiger partial charge in [0.15, 0.2) is 0 Å². The largest absolute Gasteiger partial charge is 0.352 e. The van der Waals surface area contributed by atoms with Crippen molar-refractivity contribution in [2.24, 2.45) is 11.8 Å². The average molecular weight is 452 g/mol. The number of nitrogens with zero attached hydrogens (tertiary/aromatic N) is 4. The zero-order valence-corrected chi connectivity index (χ0v) is 20.5. The molecule has 0 radical (unpaired) electrons. The van der Waals surface area contributed by atoms with Crippen LogP contribution in [0.3, 0.4) is 0 Å². The molecule has 1 aliphatic carbocycles. The van der Waals surface area contributed by atoms with Crippen LogP contribution in [-0.2, 0) is 11.2 Å². The molecule has 1 aromatic carbocycles. The predicted octanol–water partition coefficient (Wildman–Crippen LogP) is 4.67. The zero-order valence-electron chi connectivity index (χ0n) is 19.7. The number of benzene rings is 1. The van der Waals surface area contributed by atoms with E-state index in [0.717, 1.165) is 24.2 Å². The maximum atomic E-state index is 12.5. The standard InChI is InChI=1S/C25H33N5OS/c1-15-9-11-20(12-10-15)13-21-18(4)26-24-28-25(29-30(24)19(21)5)32-14-23(31)27-22-8-6-7-16(2)17(22)3/h9-12,16-17,22H,6-8,13-14H2,1-5H3,(H,27,31)/t16-,17-,22+/m0/s1. The summed E-state index contributed by atoms with van der Waals surface area (Å²) in [5, 5.41) is 8.46. The fraction of sp³-hybridized carbons (Fsp3) is 0.520. The topological polar surface area (TPSA) is 72.2 Å². The van der Waals surface area contributed by atoms with Crippen LogP contribution in [0.2, 0.25) is 0 Å². The number of carbonyl (C=O) groups excluding carboxylic acids is 1. The van der Waals surface area contributed by atoms with Gasteiger partial charge >= 0.3 is 0 Å². The van der Waals surface area contributed by atoms with E-state index in [1.807, 2.05) is 11.4 Å². The van der Waals surface area contributed by atoms with Gasteiger partial charge in [-0.2, -0.15) is 4.98 Å². The Labute approximate surface area is 194 Å². The first-order valence-corrected chi connectivity index (χ1v) is 12.5. The third-order valence-corrected chi connectivity index (χ3v) is 7.75. The van der Waals surface area contributed by atoms with Gasteiger partial charge in [-0.25, -0.2) is 9.50 Å². The first-order chi connectivity index (χ1) is 15.3. The number of thioether (sulfide) groups is 1. The van der Waals surface area contributed by atoms with Crippen molar-refractivity contribution in [2.75, 3.05) is 5.75 Å². The Kier molecular flexibility index (Phi) is 6.84. The van der Waals surface area contributed by atoms with E-state index < -0.39 is 0 Å². The smallest absolute Gasteiger partial charge is 0.253 e. The van der Waals surface area contributed by atoms with Gasteiger partial charge in [-0.1, -0.05) is 68.3 Å². The number of hydrogen-bond donors (Lipinski definition) is 1. The molecule has 1 fully saturated rings. The summed E-state index contributed by atoms with van der Waals surface area (Å²) in [5.74, 6) is 2.15. The molecule has 4 rings (SSSR count). The fourth-order valence-corrected chi connectivity index (χ4v) is 5.21. The second kappa shape index (κ2) is 9.61. The van der Waals surface area contributed by atoms with Crippen LogP contribution >= 0.6 is 11.8 Å². The number of nitrogens with one attached hydrogen (secondary N) is 1. The van der Waals surface area contributed by atoms with Crippen molar-refractivity contribution in [2.45, 2.75) is 71.5 Å². The molecular weight excluding hydrogens is 418 g/mol. The number of amides is 1. The molecule has 0 aliphatic heterocycles. The summed E-state index contributed by atoms with van der Waals surface area (Å²) >= 11 is 1.38. The predicted molar refractivity (Wildman–Crippen MR) is 129 cm³/mol. The maximum absolute atomic E-state index is 12.5. The number of carbonyl (C=O) groups is 1. The minimum atomic E-state index is 0.0562. The first-order valence-electron chi connectivity index (χ1n) is 11.5. The summed E-state index contributed by atoms with van der Waals surface area (Å²) in [6.07, 6.45) is 4.32. The zero-order chi connectivity index (χ0) is 22.8. The monoisotopic (exact) mass is 451 g/mol. The summed E-state index contributed by atoms with van der Waals surface area (Å²) < 4.78 is 1.81. The Morgan fingerprint density at radius 2 is 1.88 bits per heavy atom. The Hall–Kier alpha value is -2.41. The highest BCUT2D eigenvalue weighted by Crippen LogP contribution is 2.29. The van der Waals surface area contributed by atoms with E-state index in [1.165, 1.54) is 41.3 Å². The highest BCUT2D eigenvalue weighted by atomic mass is 32.2. The van der Waals surface area contributed by atoms with Crippen LogP contribution in [0.4, 0.5) is 0 Å². The van der Waals surface area contributed by atoms with Crippen molar-refractivity contribution in [3.05, 3.63) is 52.3 Å². The Morgan fingerprint density at radius 1 is 1.12 bits per heavy atom. The summed E-state index contributed by atoms with van der Waals surface area (Å²) in [4.78, 5) is 21.8. The van der Waals surface area contributed by atoms with Crippen LogP contribution in [0.25, 0.3) is 5.78 Å². The molecule has 0 spiro atoms. The third-order valence-electron chi connectivity index (χ3n) is 6.92. The van der Waals surface area contributed by atoms with Crippen LogP contribution in [0.15, 0.2) is 29.4 Å². The van der Waals surface area contributed by atoms with Gasteiger partial charge < -0.3 is 5.32 Å². The molecule has 0 bridgehead atoms. The second-order valence-electron chi connectivity index (χ2n) is 9.26. The van der Waals surface area contributed by atoms with E-state index in [1.54, 1.807) is 0 Å². The molecule has 2 heterocycles. The molecule has 0 saturated heterocycles. The molecule has 1 saturated carbocycles. The maximum Gasteiger partial charge on any atom is 0.253 e. The van der Waals surface area contributed by atoms with Crippen molar-refractivity contribution >= 4 is 23.4 Å². The number of fused-ring (bicyclic) bond motifs is 1. The quantitative estimate of drug-likeness (QED) is 0.551. The molecule has 2 aromatic heterocycles. The molecule has 1 aliphatic rings. The summed E-state index contributed by atoms with van der Waals surface area (Å²) in [7, 11) is 0. The van der Waals surface area contributed by atoms with E-state index in [-0.39, 0.29) is 11.9 Å². The minimum Gasteiger partial charge on any atom is -0.352 e. The number of aryl methyl sites for hydroxylation is 3. The van der Waals surface area contributed by atoms with Gasteiger partial charge in [0, 0.05) is 23.9 Å². The molecule has 3 aromatic rings. The van der Waals surface area contributed by atoms with Crippen molar-refractivity contribution in [1.82, 2.24) is 24.9 Å². The van der Waals surface area contributed by atoms with Crippen molar-refractivity contribution < 1.29 is 4.79 Å². The minimum absolute atomic E-state index is 0.0562. The van der Waals surface area contributed by atoms with Gasteiger partial charge in [-0.15, -0.1) is 5.10 Å². The van der Waals surface area contributed by atoms with Crippen LogP contribution in [0.5, 0.6) is 0 Å². The molecule has 3 atom stereocenters. The van der Waals surface area contributed by atoms with E-state index >= 15 is 0 Å². The van der Waals surface area contributed by atoms with Crippen LogP contribution in [-0.4, -0.2) is 37.3 Å². The van der Waals surface area contributed by atoms with Crippen molar-refractivity contribution in [1.29, 1.82) is 0 Å². The van der Waals surface area contributed by atoms with Gasteiger partial charge in [0.1, 0.15) is 0 Å². The number of hydrogen-bond acceptors (Lipinski definition) is 5. The molecule has 170 valence electrons. The Bertz CT molecular complexity index is 1110. The van der Waals surface area contributed by atoms with Gasteiger partial charge in [0.05, 0.1) is 5.75 Å². The number of aromatic nitrogens is 4. The molecule has 0 unspecified atom stereocenters. The lowest BCUT2D eigenvalue weighted by Gasteiger charge is -2.34. The van der Waals surface area contributed by atoms with Gasteiger partial charge in [-0.3, -0.25) is 4.79 Å². The normalized spacial score (nSPS) is 21.1. The highest BCUT2D eigenvalue weighted by Gasteiger charge is 2.28. The second-order valence-corrected chi connectivity index (χ2v) is 10.2. The Balaban J connectivity index is 1.44. The van der Waals surface area contributed by atoms with E-state index in [4.69, 9.17) is 0 Å². The number of rotatable bonds is 6. The summed E-state index contributed by atoms with van der Waals surface area (Å²) in [6.45, 7) is 10.7. The average Bonchev–Trinajstić information content (AvgIpc) is 3.17. The van der Waals surface area contributed by atoms with Crippen molar-refractivity contribution in [3.8, 4) is 0 Å². The SMILES string of the molecule is Cc1ccc(Cc2c(C)nc3nc(SCC(=O)N[C@@H]4CCC[C@H](C)[C@@H]4C)nn3c2C)cc1. The lowest BCUT2D eigenvalue weighted by molar-refractivity contribution is -0.120. The van der Waals surface area contributed by atoms with Gasteiger partial charge in [-0.05, 0) is 50.2 Å². The molecule has 7 heteroatoms. The van der Waals surface area contributed by atoms with E-state index in [2.05, 4.69) is 72.3 Å². The van der Waals surface area contributed by atoms with Crippen LogP contribution in [0, 0.1) is 32.6 Å². The van der Waals surface area contributed by atoms with Crippen molar-refractivity contribution in [3.63, 3.8) is 0 Å². The van der Waals surface area contributed by atoms with E-state index in [9.17, 15) is 4.79 Å². The molecule has 1 N–H and O–H groups in total. The first kappa shape index (κ1) is 22.8. The lowest BCUT2D eigenvalue weighted by atomic mass is 9.78. The molecule has 6 nitrogen and oxygen atoms in total. The van der Waals surface area contributed by atoms with E-state index in [0.29, 0.717) is 28.5 Å². The lowest BCUT2D eigenvalue weighted by Crippen LogP contribution is -2.44. The summed E-state index contributed by atoms with van der Waals surface area (Å²) in [6, 6.07) is 8.87.